The highest BCUT2D eigenvalue weighted by molar-refractivity contribution is 5.90. The quantitative estimate of drug-likeness (QED) is 0.343. The monoisotopic (exact) mass is 509 g/mol. The fourth-order valence-electron chi connectivity index (χ4n) is 4.48. The van der Waals surface area contributed by atoms with Crippen LogP contribution in [0, 0.1) is 0 Å². The Kier molecular flexibility index (Phi) is 10.3. The van der Waals surface area contributed by atoms with Crippen LogP contribution in [0.25, 0.3) is 0 Å². The molecule has 0 aliphatic carbocycles. The third-order valence-corrected chi connectivity index (χ3v) is 6.54. The maximum absolute atomic E-state index is 13.5. The van der Waals surface area contributed by atoms with Crippen molar-refractivity contribution in [1.29, 1.82) is 0 Å². The van der Waals surface area contributed by atoms with Crippen LogP contribution in [0.3, 0.4) is 0 Å². The molecule has 0 saturated carbocycles. The summed E-state index contributed by atoms with van der Waals surface area (Å²) in [5.74, 6) is 0.539. The summed E-state index contributed by atoms with van der Waals surface area (Å²) in [5, 5.41) is 5.95. The summed E-state index contributed by atoms with van der Waals surface area (Å²) < 4.78 is 11.2. The van der Waals surface area contributed by atoms with Crippen LogP contribution in [0.15, 0.2) is 67.0 Å². The molecule has 9 heteroatoms. The molecule has 3 rings (SSSR count). The first-order valence-corrected chi connectivity index (χ1v) is 12.7. The Morgan fingerprint density at radius 1 is 1.08 bits per heavy atom. The predicted molar refractivity (Wildman–Crippen MR) is 143 cm³/mol. The van der Waals surface area contributed by atoms with Crippen LogP contribution in [-0.4, -0.2) is 61.6 Å². The van der Waals surface area contributed by atoms with Crippen molar-refractivity contribution >= 4 is 11.8 Å². The lowest BCUT2D eigenvalue weighted by atomic mass is 9.98. The van der Waals surface area contributed by atoms with Crippen molar-refractivity contribution in [3.63, 3.8) is 0 Å². The van der Waals surface area contributed by atoms with Gasteiger partial charge in [-0.2, -0.15) is 0 Å². The molecule has 0 bridgehead atoms. The first-order chi connectivity index (χ1) is 17.8. The molecule has 1 fully saturated rings. The van der Waals surface area contributed by atoms with Crippen LogP contribution in [0.4, 0.5) is 0 Å². The third-order valence-electron chi connectivity index (χ3n) is 6.54. The highest BCUT2D eigenvalue weighted by Crippen LogP contribution is 2.22. The van der Waals surface area contributed by atoms with Gasteiger partial charge in [0.25, 0.3) is 0 Å². The lowest BCUT2D eigenvalue weighted by Gasteiger charge is -2.35. The lowest BCUT2D eigenvalue weighted by molar-refractivity contribution is -0.134. The van der Waals surface area contributed by atoms with E-state index in [2.05, 4.69) is 17.2 Å². The summed E-state index contributed by atoms with van der Waals surface area (Å²) in [6.07, 6.45) is 1.08. The molecular weight excluding hydrogens is 470 g/mol. The molecule has 2 aromatic rings. The molecule has 200 valence electrons. The summed E-state index contributed by atoms with van der Waals surface area (Å²) in [6, 6.07) is 15.0. The Morgan fingerprint density at radius 3 is 2.30 bits per heavy atom. The zero-order valence-electron chi connectivity index (χ0n) is 21.7. The van der Waals surface area contributed by atoms with Crippen LogP contribution in [-0.2, 0) is 20.7 Å². The van der Waals surface area contributed by atoms with Gasteiger partial charge in [-0.15, -0.1) is 0 Å². The number of likely N-dealkylation sites (tertiary alicyclic amines) is 1. The fourth-order valence-corrected chi connectivity index (χ4v) is 4.48. The second-order valence-corrected chi connectivity index (χ2v) is 9.20. The topological polar surface area (TPSA) is 132 Å². The number of carbonyl (C=O) groups is 2. The number of amides is 2. The van der Waals surface area contributed by atoms with E-state index in [1.807, 2.05) is 66.4 Å². The van der Waals surface area contributed by atoms with E-state index in [9.17, 15) is 9.59 Å². The minimum Gasteiger partial charge on any atom is -0.494 e. The fraction of sp³-hybridized carbons (Fsp3) is 0.429. The molecule has 3 atom stereocenters. The number of ether oxygens (including phenoxy) is 2. The maximum atomic E-state index is 13.5. The minimum atomic E-state index is -0.964. The second kappa shape index (κ2) is 13.7. The number of benzene rings is 2. The Balaban J connectivity index is 1.71. The third kappa shape index (κ3) is 7.96. The number of methoxy groups -OCH3 is 1. The van der Waals surface area contributed by atoms with Crippen LogP contribution < -0.4 is 26.8 Å². The number of carbonyl (C=O) groups excluding carboxylic acids is 2. The Morgan fingerprint density at radius 2 is 1.73 bits per heavy atom. The van der Waals surface area contributed by atoms with Gasteiger partial charge in [-0.3, -0.25) is 9.59 Å². The molecule has 0 unspecified atom stereocenters. The Hall–Kier alpha value is -3.56. The highest BCUT2D eigenvalue weighted by Gasteiger charge is 2.34. The van der Waals surface area contributed by atoms with Gasteiger partial charge >= 0.3 is 0 Å². The van der Waals surface area contributed by atoms with Crippen LogP contribution in [0.5, 0.6) is 5.75 Å². The summed E-state index contributed by atoms with van der Waals surface area (Å²) in [5.41, 5.74) is 13.7. The molecule has 0 radical (unpaired) electrons. The molecule has 1 heterocycles. The average Bonchev–Trinajstić information content (AvgIpc) is 2.90. The van der Waals surface area contributed by atoms with Crippen molar-refractivity contribution in [3.8, 4) is 5.75 Å². The van der Waals surface area contributed by atoms with Gasteiger partial charge in [-0.25, -0.2) is 0 Å². The SMILES string of the molecule is C=C(N)N1CCC(NC(=O)[C@@H](NC(=O)[C@H](N)Cc2ccc(OCC)cc2)[C@H](OC)c2ccccc2)CC1. The second-order valence-electron chi connectivity index (χ2n) is 9.20. The maximum Gasteiger partial charge on any atom is 0.245 e. The van der Waals surface area contributed by atoms with E-state index in [0.29, 0.717) is 31.9 Å². The molecular formula is C28H39N5O4. The number of piperidine rings is 1. The summed E-state index contributed by atoms with van der Waals surface area (Å²) >= 11 is 0. The Labute approximate surface area is 219 Å². The van der Waals surface area contributed by atoms with Gasteiger partial charge < -0.3 is 36.5 Å². The van der Waals surface area contributed by atoms with E-state index in [1.165, 1.54) is 7.11 Å². The van der Waals surface area contributed by atoms with E-state index in [0.717, 1.165) is 29.7 Å². The van der Waals surface area contributed by atoms with Gasteiger partial charge in [0, 0.05) is 26.2 Å². The van der Waals surface area contributed by atoms with Crippen molar-refractivity contribution in [2.24, 2.45) is 11.5 Å². The zero-order valence-corrected chi connectivity index (χ0v) is 21.7. The predicted octanol–water partition coefficient (Wildman–Crippen LogP) is 1.84. The molecule has 2 aromatic carbocycles. The van der Waals surface area contributed by atoms with Crippen molar-refractivity contribution in [1.82, 2.24) is 15.5 Å². The van der Waals surface area contributed by atoms with Crippen LogP contribution >= 0.6 is 0 Å². The first kappa shape index (κ1) is 28.0. The van der Waals surface area contributed by atoms with E-state index >= 15 is 0 Å². The summed E-state index contributed by atoms with van der Waals surface area (Å²) in [7, 11) is 1.52. The molecule has 2 amide bonds. The van der Waals surface area contributed by atoms with E-state index in [1.54, 1.807) is 0 Å². The summed E-state index contributed by atoms with van der Waals surface area (Å²) in [4.78, 5) is 28.7. The number of rotatable bonds is 12. The smallest absolute Gasteiger partial charge is 0.245 e. The lowest BCUT2D eigenvalue weighted by Crippen LogP contribution is -2.57. The average molecular weight is 510 g/mol. The van der Waals surface area contributed by atoms with Crippen molar-refractivity contribution < 1.29 is 19.1 Å². The number of nitrogens with two attached hydrogens (primary N) is 2. The largest absolute Gasteiger partial charge is 0.494 e. The molecule has 1 aliphatic rings. The Bertz CT molecular complexity index is 1020. The molecule has 6 N–H and O–H groups in total. The van der Waals surface area contributed by atoms with Crippen LogP contribution in [0.1, 0.15) is 37.0 Å². The molecule has 9 nitrogen and oxygen atoms in total. The van der Waals surface area contributed by atoms with Gasteiger partial charge in [-0.1, -0.05) is 49.0 Å². The normalized spacial score (nSPS) is 16.4. The minimum absolute atomic E-state index is 0.0479. The zero-order chi connectivity index (χ0) is 26.8. The summed E-state index contributed by atoms with van der Waals surface area (Å²) in [6.45, 7) is 7.69. The number of hydrogen-bond acceptors (Lipinski definition) is 7. The first-order valence-electron chi connectivity index (χ1n) is 12.7. The van der Waals surface area contributed by atoms with Gasteiger partial charge in [0.15, 0.2) is 0 Å². The molecule has 0 aromatic heterocycles. The van der Waals surface area contributed by atoms with Gasteiger partial charge in [0.05, 0.1) is 18.5 Å². The number of hydrogen-bond donors (Lipinski definition) is 4. The van der Waals surface area contributed by atoms with Crippen molar-refractivity contribution in [2.75, 3.05) is 26.8 Å². The molecule has 1 saturated heterocycles. The highest BCUT2D eigenvalue weighted by atomic mass is 16.5. The van der Waals surface area contributed by atoms with E-state index in [4.69, 9.17) is 20.9 Å². The van der Waals surface area contributed by atoms with Crippen LogP contribution in [0.2, 0.25) is 0 Å². The van der Waals surface area contributed by atoms with E-state index in [-0.39, 0.29) is 11.9 Å². The molecule has 0 spiro atoms. The molecule has 1 aliphatic heterocycles. The van der Waals surface area contributed by atoms with Gasteiger partial charge in [0.2, 0.25) is 11.8 Å². The standard InChI is InChI=1S/C28H39N5O4/c1-4-37-23-12-10-20(11-13-23)18-24(30)27(34)32-25(26(36-3)21-8-6-5-7-9-21)28(35)31-22-14-16-33(17-15-22)19(2)29/h5-13,22,24-26H,2,4,14-18,29-30H2,1,3H3,(H,31,35)(H,32,34)/t24-,25+,26-/m1/s1. The van der Waals surface area contributed by atoms with Crippen molar-refractivity contribution in [3.05, 3.63) is 78.1 Å². The van der Waals surface area contributed by atoms with E-state index < -0.39 is 24.1 Å². The van der Waals surface area contributed by atoms with Gasteiger partial charge in [0.1, 0.15) is 17.9 Å². The van der Waals surface area contributed by atoms with Gasteiger partial charge in [-0.05, 0) is 49.4 Å². The molecule has 37 heavy (non-hydrogen) atoms. The van der Waals surface area contributed by atoms with Crippen molar-refractivity contribution in [2.45, 2.75) is 50.4 Å². The number of nitrogens with one attached hydrogen (secondary N) is 2. The number of nitrogens with zero attached hydrogens (tertiary/aromatic N) is 1.